The number of hydrogen-bond acceptors (Lipinski definition) is 5. The SMILES string of the molecule is O=C(O)[C@@H]1Cc2ccc(O)c([N+](=O)[O-])c2CN1C(=O)O. The van der Waals surface area contributed by atoms with Gasteiger partial charge in [0, 0.05) is 6.42 Å². The Morgan fingerprint density at radius 3 is 2.50 bits per heavy atom. The van der Waals surface area contributed by atoms with Gasteiger partial charge in [0.2, 0.25) is 0 Å². The molecule has 9 nitrogen and oxygen atoms in total. The van der Waals surface area contributed by atoms with Crippen LogP contribution in [0.15, 0.2) is 12.1 Å². The van der Waals surface area contributed by atoms with Crippen molar-refractivity contribution < 1.29 is 29.8 Å². The number of rotatable bonds is 2. The lowest BCUT2D eigenvalue weighted by Gasteiger charge is -2.31. The number of carboxylic acid groups (broad SMARTS) is 2. The number of amides is 1. The highest BCUT2D eigenvalue weighted by atomic mass is 16.6. The molecule has 9 heteroatoms. The standard InChI is InChI=1S/C11H10N2O7/c14-8-2-1-5-3-7(10(15)16)12(11(17)18)4-6(5)9(8)13(19)20/h1-2,7,14H,3-4H2,(H,15,16)(H,17,18)/t7-/m0/s1. The lowest BCUT2D eigenvalue weighted by Crippen LogP contribution is -2.48. The number of aliphatic carboxylic acids is 1. The summed E-state index contributed by atoms with van der Waals surface area (Å²) in [5, 5.41) is 38.5. The number of nitro groups is 1. The molecule has 0 fully saturated rings. The van der Waals surface area contributed by atoms with Crippen LogP contribution in [0.1, 0.15) is 11.1 Å². The highest BCUT2D eigenvalue weighted by molar-refractivity contribution is 5.81. The third-order valence-corrected chi connectivity index (χ3v) is 3.19. The van der Waals surface area contributed by atoms with Crippen molar-refractivity contribution in [3.63, 3.8) is 0 Å². The fourth-order valence-electron chi connectivity index (χ4n) is 2.26. The summed E-state index contributed by atoms with van der Waals surface area (Å²) in [7, 11) is 0. The molecule has 1 aromatic rings. The van der Waals surface area contributed by atoms with Gasteiger partial charge in [-0.3, -0.25) is 15.0 Å². The van der Waals surface area contributed by atoms with E-state index >= 15 is 0 Å². The van der Waals surface area contributed by atoms with E-state index < -0.39 is 41.0 Å². The van der Waals surface area contributed by atoms with Crippen LogP contribution in [0.25, 0.3) is 0 Å². The minimum absolute atomic E-state index is 0.0231. The Morgan fingerprint density at radius 1 is 1.35 bits per heavy atom. The molecule has 0 aliphatic carbocycles. The van der Waals surface area contributed by atoms with E-state index in [9.17, 15) is 24.8 Å². The largest absolute Gasteiger partial charge is 0.502 e. The van der Waals surface area contributed by atoms with Crippen LogP contribution in [0.4, 0.5) is 10.5 Å². The van der Waals surface area contributed by atoms with Crippen LogP contribution >= 0.6 is 0 Å². The molecule has 0 saturated carbocycles. The van der Waals surface area contributed by atoms with Gasteiger partial charge in [-0.1, -0.05) is 6.07 Å². The van der Waals surface area contributed by atoms with Crippen molar-refractivity contribution in [3.8, 4) is 5.75 Å². The molecular formula is C11H10N2O7. The summed E-state index contributed by atoms with van der Waals surface area (Å²) in [5.74, 6) is -1.90. The minimum atomic E-state index is -1.49. The molecule has 0 aromatic heterocycles. The summed E-state index contributed by atoms with van der Waals surface area (Å²) in [6.45, 7) is -0.452. The average Bonchev–Trinajstić information content (AvgIpc) is 2.36. The third kappa shape index (κ3) is 2.09. The molecule has 1 heterocycles. The predicted octanol–water partition coefficient (Wildman–Crippen LogP) is 0.790. The summed E-state index contributed by atoms with van der Waals surface area (Å²) in [5.41, 5.74) is -0.216. The van der Waals surface area contributed by atoms with Crippen LogP contribution in [0.2, 0.25) is 0 Å². The van der Waals surface area contributed by atoms with Crippen molar-refractivity contribution >= 4 is 17.7 Å². The van der Waals surface area contributed by atoms with E-state index in [4.69, 9.17) is 10.2 Å². The highest BCUT2D eigenvalue weighted by Crippen LogP contribution is 2.37. The lowest BCUT2D eigenvalue weighted by atomic mass is 9.92. The van der Waals surface area contributed by atoms with Crippen molar-refractivity contribution in [2.45, 2.75) is 19.0 Å². The fraction of sp³-hybridized carbons (Fsp3) is 0.273. The zero-order chi connectivity index (χ0) is 15.0. The topological polar surface area (TPSA) is 141 Å². The van der Waals surface area contributed by atoms with E-state index in [0.717, 1.165) is 6.07 Å². The fourth-order valence-corrected chi connectivity index (χ4v) is 2.26. The molecule has 106 valence electrons. The van der Waals surface area contributed by atoms with E-state index in [2.05, 4.69) is 0 Å². The molecule has 0 radical (unpaired) electrons. The first kappa shape index (κ1) is 13.6. The van der Waals surface area contributed by atoms with E-state index in [1.54, 1.807) is 0 Å². The molecule has 2 rings (SSSR count). The molecule has 1 aliphatic rings. The van der Waals surface area contributed by atoms with Crippen molar-refractivity contribution in [2.75, 3.05) is 0 Å². The van der Waals surface area contributed by atoms with Crippen LogP contribution in [0.3, 0.4) is 0 Å². The Hall–Kier alpha value is -2.84. The molecule has 20 heavy (non-hydrogen) atoms. The van der Waals surface area contributed by atoms with Crippen LogP contribution in [0.5, 0.6) is 5.75 Å². The van der Waals surface area contributed by atoms with Crippen LogP contribution in [0, 0.1) is 10.1 Å². The molecule has 1 aromatic carbocycles. The maximum Gasteiger partial charge on any atom is 0.408 e. The molecule has 0 bridgehead atoms. The molecule has 1 amide bonds. The Morgan fingerprint density at radius 2 is 2.00 bits per heavy atom. The normalized spacial score (nSPS) is 17.4. The van der Waals surface area contributed by atoms with Gasteiger partial charge in [0.15, 0.2) is 5.75 Å². The number of carboxylic acids is 1. The Kier molecular flexibility index (Phi) is 3.18. The number of hydrogen-bond donors (Lipinski definition) is 3. The number of phenols is 1. The maximum atomic E-state index is 11.1. The van der Waals surface area contributed by atoms with Crippen molar-refractivity contribution in [1.82, 2.24) is 4.90 Å². The quantitative estimate of drug-likeness (QED) is 0.537. The van der Waals surface area contributed by atoms with Crippen molar-refractivity contribution in [2.24, 2.45) is 0 Å². The average molecular weight is 282 g/mol. The summed E-state index contributed by atoms with van der Waals surface area (Å²) in [6.07, 6.45) is -1.67. The Balaban J connectivity index is 2.57. The number of phenolic OH excluding ortho intramolecular Hbond substituents is 1. The zero-order valence-electron chi connectivity index (χ0n) is 10.0. The Labute approximate surface area is 111 Å². The van der Waals surface area contributed by atoms with E-state index in [-0.39, 0.29) is 12.0 Å². The van der Waals surface area contributed by atoms with Gasteiger partial charge in [-0.05, 0) is 11.6 Å². The molecule has 1 atom stereocenters. The first-order valence-corrected chi connectivity index (χ1v) is 5.53. The molecule has 0 saturated heterocycles. The predicted molar refractivity (Wildman–Crippen MR) is 63.5 cm³/mol. The number of aromatic hydroxyl groups is 1. The number of benzene rings is 1. The van der Waals surface area contributed by atoms with E-state index in [0.29, 0.717) is 10.5 Å². The molecular weight excluding hydrogens is 272 g/mol. The molecule has 0 spiro atoms. The third-order valence-electron chi connectivity index (χ3n) is 3.19. The van der Waals surface area contributed by atoms with Crippen LogP contribution in [-0.4, -0.2) is 43.2 Å². The summed E-state index contributed by atoms with van der Waals surface area (Å²) in [6, 6.07) is 1.17. The van der Waals surface area contributed by atoms with Crippen LogP contribution < -0.4 is 0 Å². The van der Waals surface area contributed by atoms with E-state index in [1.807, 2.05) is 0 Å². The van der Waals surface area contributed by atoms with Gasteiger partial charge < -0.3 is 15.3 Å². The monoisotopic (exact) mass is 282 g/mol. The molecule has 1 aliphatic heterocycles. The number of nitro benzene ring substituents is 1. The smallest absolute Gasteiger partial charge is 0.408 e. The van der Waals surface area contributed by atoms with Gasteiger partial charge in [0.05, 0.1) is 17.0 Å². The number of carbonyl (C=O) groups is 2. The summed E-state index contributed by atoms with van der Waals surface area (Å²) >= 11 is 0. The maximum absolute atomic E-state index is 11.1. The zero-order valence-corrected chi connectivity index (χ0v) is 10.0. The van der Waals surface area contributed by atoms with Gasteiger partial charge in [0.1, 0.15) is 6.04 Å². The lowest BCUT2D eigenvalue weighted by molar-refractivity contribution is -0.386. The number of nitrogens with zero attached hydrogens (tertiary/aromatic N) is 2. The Bertz CT molecular complexity index is 613. The summed E-state index contributed by atoms with van der Waals surface area (Å²) < 4.78 is 0. The van der Waals surface area contributed by atoms with Crippen molar-refractivity contribution in [1.29, 1.82) is 0 Å². The second kappa shape index (κ2) is 4.68. The van der Waals surface area contributed by atoms with Gasteiger partial charge in [0.25, 0.3) is 0 Å². The van der Waals surface area contributed by atoms with Gasteiger partial charge >= 0.3 is 17.7 Å². The van der Waals surface area contributed by atoms with Gasteiger partial charge in [-0.15, -0.1) is 0 Å². The highest BCUT2D eigenvalue weighted by Gasteiger charge is 2.38. The first-order chi connectivity index (χ1) is 9.32. The van der Waals surface area contributed by atoms with Gasteiger partial charge in [-0.2, -0.15) is 0 Å². The second-order valence-corrected chi connectivity index (χ2v) is 4.30. The van der Waals surface area contributed by atoms with Gasteiger partial charge in [-0.25, -0.2) is 9.59 Å². The first-order valence-electron chi connectivity index (χ1n) is 5.53. The van der Waals surface area contributed by atoms with Crippen LogP contribution in [-0.2, 0) is 17.8 Å². The molecule has 0 unspecified atom stereocenters. The van der Waals surface area contributed by atoms with E-state index in [1.165, 1.54) is 6.07 Å². The summed E-state index contributed by atoms with van der Waals surface area (Å²) in [4.78, 5) is 32.9. The molecule has 3 N–H and O–H groups in total. The van der Waals surface area contributed by atoms with Crippen molar-refractivity contribution in [3.05, 3.63) is 33.4 Å². The number of fused-ring (bicyclic) bond motifs is 1. The second-order valence-electron chi connectivity index (χ2n) is 4.30. The minimum Gasteiger partial charge on any atom is -0.502 e.